The minimum Gasteiger partial charge on any atom is -0.412 e. The Labute approximate surface area is 266 Å². The van der Waals surface area contributed by atoms with Crippen molar-refractivity contribution in [2.24, 2.45) is 5.92 Å². The number of Topliss-reactive ketones (excluding diaryl/α,β-unsaturated/α-hetero) is 1. The number of carbonyl (C=O) groups excluding carboxylic acids is 2. The number of fused-ring (bicyclic) bond motifs is 1. The Hall–Kier alpha value is -3.46. The van der Waals surface area contributed by atoms with Crippen LogP contribution in [-0.2, 0) is 17.8 Å². The Morgan fingerprint density at radius 2 is 1.73 bits per heavy atom. The maximum absolute atomic E-state index is 15.8. The molecule has 4 rings (SSSR count). The number of carbonyl (C=O) groups is 2. The molecule has 7 nitrogen and oxygen atoms in total. The molecular formula is C36H55FN4O3. The lowest BCUT2D eigenvalue weighted by Gasteiger charge is -2.27. The zero-order chi connectivity index (χ0) is 31.4. The molecule has 1 aromatic heterocycles. The van der Waals surface area contributed by atoms with E-state index in [0.717, 1.165) is 53.9 Å². The Morgan fingerprint density at radius 3 is 2.36 bits per heavy atom. The molecule has 0 spiro atoms. The third-order valence-electron chi connectivity index (χ3n) is 8.30. The molecule has 4 N–H and O–H groups in total. The summed E-state index contributed by atoms with van der Waals surface area (Å²) in [6.07, 6.45) is 1.80. The number of nitrogens with one attached hydrogen (secondary N) is 2. The molecule has 1 aliphatic heterocycles. The van der Waals surface area contributed by atoms with Gasteiger partial charge in [-0.25, -0.2) is 9.37 Å². The molecule has 44 heavy (non-hydrogen) atoms. The van der Waals surface area contributed by atoms with Crippen molar-refractivity contribution in [3.63, 3.8) is 0 Å². The molecule has 0 fully saturated rings. The average molecular weight is 611 g/mol. The summed E-state index contributed by atoms with van der Waals surface area (Å²) in [4.78, 5) is 32.7. The van der Waals surface area contributed by atoms with Gasteiger partial charge in [0.15, 0.2) is 0 Å². The lowest BCUT2D eigenvalue weighted by Crippen LogP contribution is -2.44. The van der Waals surface area contributed by atoms with Gasteiger partial charge in [0.25, 0.3) is 5.91 Å². The second-order valence-electron chi connectivity index (χ2n) is 12.9. The number of ketones is 1. The first-order chi connectivity index (χ1) is 20.3. The van der Waals surface area contributed by atoms with Crippen LogP contribution in [0.5, 0.6) is 0 Å². The maximum atomic E-state index is 15.8. The number of hydrogen-bond donors (Lipinski definition) is 2. The lowest BCUT2D eigenvalue weighted by atomic mass is 9.89. The minimum atomic E-state index is -0.536. The van der Waals surface area contributed by atoms with Crippen molar-refractivity contribution < 1.29 is 23.7 Å². The van der Waals surface area contributed by atoms with Gasteiger partial charge >= 0.3 is 0 Å². The lowest BCUT2D eigenvalue weighted by molar-refractivity contribution is -0.117. The number of rotatable bonds is 11. The number of pyridine rings is 1. The fraction of sp³-hybridized carbons (Fsp3) is 0.472. The number of aryl methyl sites for hydroxylation is 4. The van der Waals surface area contributed by atoms with Crippen molar-refractivity contribution >= 4 is 11.7 Å². The van der Waals surface area contributed by atoms with E-state index in [1.165, 1.54) is 18.1 Å². The van der Waals surface area contributed by atoms with E-state index in [2.05, 4.69) is 74.3 Å². The van der Waals surface area contributed by atoms with Gasteiger partial charge in [-0.1, -0.05) is 37.6 Å². The molecule has 2 aromatic carbocycles. The molecule has 0 unspecified atom stereocenters. The van der Waals surface area contributed by atoms with Gasteiger partial charge in [-0.2, -0.15) is 0 Å². The summed E-state index contributed by atoms with van der Waals surface area (Å²) in [5.41, 5.74) is 9.04. The normalized spacial score (nSPS) is 14.5. The topological polar surface area (TPSA) is 106 Å². The van der Waals surface area contributed by atoms with E-state index in [0.29, 0.717) is 29.3 Å². The monoisotopic (exact) mass is 610 g/mol. The number of aromatic nitrogens is 1. The summed E-state index contributed by atoms with van der Waals surface area (Å²) in [5.74, 6) is -0.243. The highest BCUT2D eigenvalue weighted by Crippen LogP contribution is 2.34. The number of hydrogen-bond acceptors (Lipinski definition) is 5. The van der Waals surface area contributed by atoms with Crippen molar-refractivity contribution in [2.75, 3.05) is 20.1 Å². The third-order valence-corrected chi connectivity index (χ3v) is 8.30. The van der Waals surface area contributed by atoms with Crippen molar-refractivity contribution in [1.82, 2.24) is 20.5 Å². The van der Waals surface area contributed by atoms with Gasteiger partial charge in [0.05, 0.1) is 5.69 Å². The van der Waals surface area contributed by atoms with E-state index < -0.39 is 6.04 Å². The van der Waals surface area contributed by atoms with Crippen LogP contribution in [0.25, 0.3) is 11.1 Å². The average Bonchev–Trinajstić information content (AvgIpc) is 2.91. The standard InChI is InChI=1S/C36H47FN4O2.H2O.3H2/c1-21(2)13-29(39-36(43)31-10-9-27-11-12-41(8)20-33(27)40-31)19-38-32(17-26(7)42)30-18-28(16-25(6)35(30)37)34-23(4)14-22(3)15-24(34)5;;;;/h9-10,14-16,18,21,29,32,38H,11-13,17,19-20H2,1-8H3,(H,39,43);1H2;3*1H/t29-,32-;;;;/m0..../s1. The molecule has 0 bridgehead atoms. The molecule has 1 aliphatic rings. The van der Waals surface area contributed by atoms with Crippen molar-refractivity contribution in [3.8, 4) is 11.1 Å². The van der Waals surface area contributed by atoms with Crippen molar-refractivity contribution in [2.45, 2.75) is 86.4 Å². The smallest absolute Gasteiger partial charge is 0.270 e. The van der Waals surface area contributed by atoms with E-state index in [-0.39, 0.29) is 39.7 Å². The highest BCUT2D eigenvalue weighted by atomic mass is 19.1. The van der Waals surface area contributed by atoms with Crippen LogP contribution < -0.4 is 10.6 Å². The number of halogens is 1. The van der Waals surface area contributed by atoms with Gasteiger partial charge in [-0.05, 0) is 112 Å². The summed E-state index contributed by atoms with van der Waals surface area (Å²) >= 11 is 0. The van der Waals surface area contributed by atoms with E-state index >= 15 is 4.39 Å². The van der Waals surface area contributed by atoms with E-state index in [4.69, 9.17) is 0 Å². The molecule has 0 saturated carbocycles. The van der Waals surface area contributed by atoms with Gasteiger partial charge in [-0.3, -0.25) is 9.59 Å². The molecular weight excluding hydrogens is 555 g/mol. The molecule has 244 valence electrons. The first-order valence-electron chi connectivity index (χ1n) is 15.4. The highest BCUT2D eigenvalue weighted by molar-refractivity contribution is 5.92. The van der Waals surface area contributed by atoms with Gasteiger partial charge in [0.1, 0.15) is 17.3 Å². The van der Waals surface area contributed by atoms with E-state index in [9.17, 15) is 9.59 Å². The SMILES string of the molecule is CC(=O)C[C@H](NC[C@H](CC(C)C)NC(=O)c1ccc2c(n1)CN(C)CC2)c1cc(-c2c(C)cc(C)cc2C)cc(C)c1F.O.[HH].[HH].[HH]. The van der Waals surface area contributed by atoms with E-state index in [1.54, 1.807) is 13.0 Å². The fourth-order valence-electron chi connectivity index (χ4n) is 6.38. The van der Waals surface area contributed by atoms with Crippen LogP contribution in [0, 0.1) is 39.4 Å². The second-order valence-corrected chi connectivity index (χ2v) is 12.9. The number of likely N-dealkylation sites (N-methyl/N-ethyl adjacent to an activating group) is 1. The van der Waals surface area contributed by atoms with Crippen LogP contribution in [0.1, 0.15) is 93.5 Å². The molecule has 1 amide bonds. The highest BCUT2D eigenvalue weighted by Gasteiger charge is 2.24. The molecule has 0 radical (unpaired) electrons. The van der Waals surface area contributed by atoms with Crippen LogP contribution in [0.15, 0.2) is 36.4 Å². The van der Waals surface area contributed by atoms with Gasteiger partial charge in [0.2, 0.25) is 0 Å². The maximum Gasteiger partial charge on any atom is 0.270 e. The first-order valence-corrected chi connectivity index (χ1v) is 15.4. The van der Waals surface area contributed by atoms with E-state index in [1.807, 2.05) is 18.2 Å². The molecule has 3 aromatic rings. The molecule has 0 saturated heterocycles. The first kappa shape index (κ1) is 35.0. The summed E-state index contributed by atoms with van der Waals surface area (Å²) < 4.78 is 15.8. The quantitative estimate of drug-likeness (QED) is 0.259. The summed E-state index contributed by atoms with van der Waals surface area (Å²) in [6.45, 7) is 15.9. The molecule has 2 atom stereocenters. The zero-order valence-electron chi connectivity index (χ0n) is 27.5. The number of nitrogens with zero attached hydrogens (tertiary/aromatic N) is 2. The Morgan fingerprint density at radius 1 is 1.05 bits per heavy atom. The van der Waals surface area contributed by atoms with Gasteiger partial charge < -0.3 is 21.0 Å². The minimum absolute atomic E-state index is 0. The Balaban J connectivity index is 0.00000529. The van der Waals surface area contributed by atoms with Crippen molar-refractivity contribution in [3.05, 3.63) is 87.0 Å². The fourth-order valence-corrected chi connectivity index (χ4v) is 6.38. The van der Waals surface area contributed by atoms with Crippen LogP contribution in [0.2, 0.25) is 0 Å². The third kappa shape index (κ3) is 8.58. The Bertz CT molecular complexity index is 1500. The van der Waals surface area contributed by atoms with Crippen LogP contribution in [0.4, 0.5) is 4.39 Å². The zero-order valence-corrected chi connectivity index (χ0v) is 27.5. The Kier molecular flexibility index (Phi) is 12.0. The second kappa shape index (κ2) is 15.0. The number of amides is 1. The summed E-state index contributed by atoms with van der Waals surface area (Å²) in [6, 6.07) is 11.1. The van der Waals surface area contributed by atoms with Crippen LogP contribution in [-0.4, -0.2) is 53.2 Å². The van der Waals surface area contributed by atoms with Crippen LogP contribution in [0.3, 0.4) is 0 Å². The van der Waals surface area contributed by atoms with Crippen molar-refractivity contribution in [1.29, 1.82) is 0 Å². The largest absolute Gasteiger partial charge is 0.412 e. The molecule has 2 heterocycles. The number of benzene rings is 2. The predicted octanol–water partition coefficient (Wildman–Crippen LogP) is 6.48. The predicted molar refractivity (Wildman–Crippen MR) is 182 cm³/mol. The van der Waals surface area contributed by atoms with Gasteiger partial charge in [0, 0.05) is 48.0 Å². The summed E-state index contributed by atoms with van der Waals surface area (Å²) in [5, 5.41) is 6.64. The molecule has 0 aliphatic carbocycles. The van der Waals surface area contributed by atoms with Crippen LogP contribution >= 0.6 is 0 Å². The summed E-state index contributed by atoms with van der Waals surface area (Å²) in [7, 11) is 2.06. The molecule has 8 heteroatoms. The van der Waals surface area contributed by atoms with Gasteiger partial charge in [-0.15, -0.1) is 0 Å².